The fraction of sp³-hybridized carbons (Fsp3) is 0.524. The molecule has 24 heavy (non-hydrogen) atoms. The van der Waals surface area contributed by atoms with Crippen molar-refractivity contribution in [1.29, 1.82) is 0 Å². The van der Waals surface area contributed by atoms with Crippen molar-refractivity contribution in [3.8, 4) is 5.75 Å². The molecule has 1 aliphatic rings. The summed E-state index contributed by atoms with van der Waals surface area (Å²) in [7, 11) is 0. The number of aryl methyl sites for hydroxylation is 1. The largest absolute Gasteiger partial charge is 0.507 e. The first-order valence-electron chi connectivity index (χ1n) is 8.79. The Kier molecular flexibility index (Phi) is 4.24. The summed E-state index contributed by atoms with van der Waals surface area (Å²) in [5.74, 6) is 1.66. The molecule has 2 aromatic rings. The molecule has 0 amide bonds. The van der Waals surface area contributed by atoms with E-state index < -0.39 is 0 Å². The summed E-state index contributed by atoms with van der Waals surface area (Å²) in [6, 6.07) is 6.30. The van der Waals surface area contributed by atoms with Gasteiger partial charge in [-0.1, -0.05) is 26.0 Å². The van der Waals surface area contributed by atoms with Gasteiger partial charge < -0.3 is 10.0 Å². The molecule has 130 valence electrons. The third-order valence-corrected chi connectivity index (χ3v) is 5.61. The van der Waals surface area contributed by atoms with Gasteiger partial charge in [0.05, 0.1) is 0 Å². The second-order valence-corrected chi connectivity index (χ2v) is 8.65. The van der Waals surface area contributed by atoms with Gasteiger partial charge in [0.25, 0.3) is 0 Å². The minimum absolute atomic E-state index is 0.000755. The Morgan fingerprint density at radius 3 is 2.46 bits per heavy atom. The lowest BCUT2D eigenvalue weighted by Crippen LogP contribution is -2.40. The normalized spacial score (nSPS) is 17.8. The van der Waals surface area contributed by atoms with E-state index in [0.717, 1.165) is 17.6 Å². The topological polar surface area (TPSA) is 23.5 Å². The van der Waals surface area contributed by atoms with Crippen LogP contribution in [0.1, 0.15) is 63.1 Å². The Hall–Kier alpha value is -1.41. The van der Waals surface area contributed by atoms with Crippen molar-refractivity contribution >= 4 is 28.1 Å². The molecule has 0 aliphatic carbocycles. The molecule has 0 aromatic heterocycles. The third-order valence-electron chi connectivity index (χ3n) is 5.24. The molecule has 0 saturated carbocycles. The van der Waals surface area contributed by atoms with Crippen LogP contribution in [0.25, 0.3) is 10.8 Å². The zero-order valence-corrected chi connectivity index (χ0v) is 16.3. The van der Waals surface area contributed by atoms with E-state index in [1.807, 2.05) is 6.07 Å². The molecule has 3 heteroatoms. The number of benzene rings is 2. The van der Waals surface area contributed by atoms with Gasteiger partial charge in [-0.15, -0.1) is 11.6 Å². The van der Waals surface area contributed by atoms with Crippen LogP contribution in [0.5, 0.6) is 5.75 Å². The van der Waals surface area contributed by atoms with E-state index >= 15 is 0 Å². The molecule has 1 N–H and O–H groups in total. The van der Waals surface area contributed by atoms with Crippen LogP contribution in [-0.2, 0) is 0 Å². The molecule has 1 heterocycles. The van der Waals surface area contributed by atoms with Crippen LogP contribution in [0.3, 0.4) is 0 Å². The lowest BCUT2D eigenvalue weighted by molar-refractivity contribution is 0.479. The molecule has 0 saturated heterocycles. The summed E-state index contributed by atoms with van der Waals surface area (Å²) in [6.45, 7) is 14.0. The van der Waals surface area contributed by atoms with Gasteiger partial charge in [-0.3, -0.25) is 0 Å². The number of hydrogen-bond donors (Lipinski definition) is 1. The first-order valence-corrected chi connectivity index (χ1v) is 9.33. The maximum absolute atomic E-state index is 10.9. The van der Waals surface area contributed by atoms with Crippen molar-refractivity contribution in [2.75, 3.05) is 17.3 Å². The minimum Gasteiger partial charge on any atom is -0.507 e. The van der Waals surface area contributed by atoms with E-state index in [2.05, 4.69) is 58.6 Å². The van der Waals surface area contributed by atoms with Gasteiger partial charge in [-0.2, -0.15) is 0 Å². The number of phenolic OH excluding ortho intramolecular Hbond substituents is 1. The minimum atomic E-state index is -0.000755. The summed E-state index contributed by atoms with van der Waals surface area (Å²) in [6.07, 6.45) is 0. The lowest BCUT2D eigenvalue weighted by Gasteiger charge is -2.35. The van der Waals surface area contributed by atoms with Crippen LogP contribution >= 0.6 is 11.6 Å². The number of phenols is 1. The molecular weight excluding hydrogens is 318 g/mol. The van der Waals surface area contributed by atoms with Crippen molar-refractivity contribution in [1.82, 2.24) is 0 Å². The summed E-state index contributed by atoms with van der Waals surface area (Å²) in [4.78, 5) is 2.38. The molecule has 2 aromatic carbocycles. The Morgan fingerprint density at radius 2 is 1.92 bits per heavy atom. The predicted molar refractivity (Wildman–Crippen MR) is 105 cm³/mol. The monoisotopic (exact) mass is 345 g/mol. The summed E-state index contributed by atoms with van der Waals surface area (Å²) < 4.78 is 0. The van der Waals surface area contributed by atoms with Crippen molar-refractivity contribution in [3.05, 3.63) is 34.9 Å². The van der Waals surface area contributed by atoms with Gasteiger partial charge in [0, 0.05) is 41.0 Å². The van der Waals surface area contributed by atoms with Gasteiger partial charge in [0.15, 0.2) is 0 Å². The number of rotatable bonds is 2. The maximum atomic E-state index is 10.9. The standard InChI is InChI=1S/C21H28ClNO/c1-12(2)15-8-7-13(3)18-19-14(10-22)11-23(21(4,5)6)16(19)9-17(24)20(15)18/h7-9,12,14,24H,10-11H2,1-6H3. The van der Waals surface area contributed by atoms with Crippen molar-refractivity contribution in [3.63, 3.8) is 0 Å². The highest BCUT2D eigenvalue weighted by molar-refractivity contribution is 6.19. The van der Waals surface area contributed by atoms with E-state index in [-0.39, 0.29) is 5.54 Å². The Labute approximate surface area is 150 Å². The molecule has 2 nitrogen and oxygen atoms in total. The third kappa shape index (κ3) is 2.56. The van der Waals surface area contributed by atoms with E-state index in [9.17, 15) is 5.11 Å². The maximum Gasteiger partial charge on any atom is 0.125 e. The summed E-state index contributed by atoms with van der Waals surface area (Å²) in [5, 5.41) is 13.1. The van der Waals surface area contributed by atoms with Crippen LogP contribution < -0.4 is 4.90 Å². The van der Waals surface area contributed by atoms with E-state index in [0.29, 0.717) is 23.5 Å². The number of anilines is 1. The molecule has 0 bridgehead atoms. The van der Waals surface area contributed by atoms with Crippen molar-refractivity contribution < 1.29 is 5.11 Å². The molecular formula is C21H28ClNO. The SMILES string of the molecule is Cc1ccc(C(C)C)c2c(O)cc3c(c12)C(CCl)CN3C(C)(C)C. The Bertz CT molecular complexity index is 789. The van der Waals surface area contributed by atoms with Crippen molar-refractivity contribution in [2.45, 2.75) is 58.9 Å². The highest BCUT2D eigenvalue weighted by atomic mass is 35.5. The zero-order valence-electron chi connectivity index (χ0n) is 15.6. The van der Waals surface area contributed by atoms with Crippen LogP contribution in [0.4, 0.5) is 5.69 Å². The second kappa shape index (κ2) is 5.84. The smallest absolute Gasteiger partial charge is 0.125 e. The Balaban J connectivity index is 2.42. The number of nitrogens with zero attached hydrogens (tertiary/aromatic N) is 1. The second-order valence-electron chi connectivity index (χ2n) is 8.34. The molecule has 0 radical (unpaired) electrons. The first kappa shape index (κ1) is 17.4. The van der Waals surface area contributed by atoms with Crippen LogP contribution in [0.2, 0.25) is 0 Å². The molecule has 1 aliphatic heterocycles. The fourth-order valence-electron chi connectivity index (χ4n) is 4.04. The number of halogens is 1. The zero-order chi connectivity index (χ0) is 17.8. The number of hydrogen-bond acceptors (Lipinski definition) is 2. The van der Waals surface area contributed by atoms with Gasteiger partial charge >= 0.3 is 0 Å². The van der Waals surface area contributed by atoms with Gasteiger partial charge in [0.2, 0.25) is 0 Å². The Morgan fingerprint density at radius 1 is 1.25 bits per heavy atom. The number of aromatic hydroxyl groups is 1. The van der Waals surface area contributed by atoms with Crippen molar-refractivity contribution in [2.24, 2.45) is 0 Å². The average Bonchev–Trinajstić information content (AvgIpc) is 2.85. The van der Waals surface area contributed by atoms with Crippen LogP contribution in [0, 0.1) is 6.92 Å². The van der Waals surface area contributed by atoms with Gasteiger partial charge in [-0.25, -0.2) is 0 Å². The van der Waals surface area contributed by atoms with Gasteiger partial charge in [-0.05, 0) is 55.7 Å². The molecule has 0 fully saturated rings. The van der Waals surface area contributed by atoms with E-state index in [1.165, 1.54) is 22.1 Å². The quantitative estimate of drug-likeness (QED) is 0.683. The van der Waals surface area contributed by atoms with E-state index in [1.54, 1.807) is 0 Å². The van der Waals surface area contributed by atoms with Crippen LogP contribution in [0.15, 0.2) is 18.2 Å². The first-order chi connectivity index (χ1) is 11.2. The summed E-state index contributed by atoms with van der Waals surface area (Å²) >= 11 is 6.36. The number of fused-ring (bicyclic) bond motifs is 3. The predicted octanol–water partition coefficient (Wildman–Crippen LogP) is 5.92. The average molecular weight is 346 g/mol. The fourth-order valence-corrected chi connectivity index (χ4v) is 4.29. The molecule has 1 atom stereocenters. The highest BCUT2D eigenvalue weighted by Gasteiger charge is 2.37. The number of alkyl halides is 1. The summed E-state index contributed by atoms with van der Waals surface area (Å²) in [5.41, 5.74) is 4.87. The molecule has 0 spiro atoms. The molecule has 3 rings (SSSR count). The molecule has 1 unspecified atom stereocenters. The highest BCUT2D eigenvalue weighted by Crippen LogP contribution is 2.49. The lowest BCUT2D eigenvalue weighted by atomic mass is 9.87. The van der Waals surface area contributed by atoms with Crippen LogP contribution in [-0.4, -0.2) is 23.1 Å². The van der Waals surface area contributed by atoms with Gasteiger partial charge in [0.1, 0.15) is 5.75 Å². The van der Waals surface area contributed by atoms with E-state index in [4.69, 9.17) is 11.6 Å².